The molecule has 7 heteroatoms. The van der Waals surface area contributed by atoms with Crippen LogP contribution in [0, 0.1) is 13.8 Å². The molecule has 0 atom stereocenters. The Morgan fingerprint density at radius 3 is 2.12 bits per heavy atom. The lowest BCUT2D eigenvalue weighted by Gasteiger charge is -2.16. The number of hydrogen-bond donors (Lipinski definition) is 4. The number of hydrogen-bond acceptors (Lipinski definition) is 3. The molecule has 25 heavy (non-hydrogen) atoms. The van der Waals surface area contributed by atoms with Crippen molar-refractivity contribution in [2.75, 3.05) is 12.4 Å². The van der Waals surface area contributed by atoms with Crippen LogP contribution < -0.4 is 26.2 Å². The second-order valence-corrected chi connectivity index (χ2v) is 6.32. The third-order valence-electron chi connectivity index (χ3n) is 3.62. The van der Waals surface area contributed by atoms with Crippen molar-refractivity contribution in [3.63, 3.8) is 0 Å². The molecule has 0 fully saturated rings. The Morgan fingerprint density at radius 1 is 0.920 bits per heavy atom. The molecular formula is C18H22N4OS2. The molecule has 0 aromatic heterocycles. The van der Waals surface area contributed by atoms with Crippen LogP contribution in [0.2, 0.25) is 0 Å². The van der Waals surface area contributed by atoms with Crippen LogP contribution >= 0.6 is 24.4 Å². The van der Waals surface area contributed by atoms with Gasteiger partial charge >= 0.3 is 0 Å². The van der Waals surface area contributed by atoms with Gasteiger partial charge < -0.3 is 15.4 Å². The van der Waals surface area contributed by atoms with Gasteiger partial charge in [-0.15, -0.1) is 0 Å². The van der Waals surface area contributed by atoms with E-state index < -0.39 is 0 Å². The maximum Gasteiger partial charge on any atom is 0.189 e. The standard InChI is InChI=1S/C18H22N4OS2/c1-12-5-4-6-13(2)16(12)20-18(25)22-21-17(24)19-11-14-7-9-15(23-3)10-8-14/h4-10H,11H2,1-3H3,(H2,19,21,24)(H2,20,22,25). The zero-order valence-corrected chi connectivity index (χ0v) is 16.1. The van der Waals surface area contributed by atoms with E-state index in [4.69, 9.17) is 29.2 Å². The third-order valence-corrected chi connectivity index (χ3v) is 4.07. The van der Waals surface area contributed by atoms with Crippen LogP contribution in [0.3, 0.4) is 0 Å². The average Bonchev–Trinajstić information content (AvgIpc) is 2.62. The van der Waals surface area contributed by atoms with Gasteiger partial charge in [0.1, 0.15) is 5.75 Å². The number of para-hydroxylation sites is 1. The van der Waals surface area contributed by atoms with Crippen LogP contribution in [0.15, 0.2) is 42.5 Å². The highest BCUT2D eigenvalue weighted by atomic mass is 32.1. The monoisotopic (exact) mass is 374 g/mol. The quantitative estimate of drug-likeness (QED) is 0.484. The first-order valence-corrected chi connectivity index (χ1v) is 8.61. The number of benzene rings is 2. The molecule has 0 aliphatic heterocycles. The highest BCUT2D eigenvalue weighted by Crippen LogP contribution is 2.19. The highest BCUT2D eigenvalue weighted by Gasteiger charge is 2.04. The molecule has 0 saturated carbocycles. The van der Waals surface area contributed by atoms with E-state index in [0.29, 0.717) is 16.8 Å². The predicted octanol–water partition coefficient (Wildman–Crippen LogP) is 3.18. The summed E-state index contributed by atoms with van der Waals surface area (Å²) in [6.07, 6.45) is 0. The molecule has 0 saturated heterocycles. The molecule has 0 spiro atoms. The van der Waals surface area contributed by atoms with E-state index in [1.54, 1.807) is 7.11 Å². The Bertz CT molecular complexity index is 727. The molecule has 5 nitrogen and oxygen atoms in total. The van der Waals surface area contributed by atoms with E-state index in [9.17, 15) is 0 Å². The molecule has 0 aliphatic rings. The minimum Gasteiger partial charge on any atom is -0.497 e. The lowest BCUT2D eigenvalue weighted by atomic mass is 10.1. The number of nitrogens with one attached hydrogen (secondary N) is 4. The summed E-state index contributed by atoms with van der Waals surface area (Å²) in [6, 6.07) is 13.9. The molecular weight excluding hydrogens is 352 g/mol. The van der Waals surface area contributed by atoms with Crippen LogP contribution in [-0.2, 0) is 6.54 Å². The smallest absolute Gasteiger partial charge is 0.189 e. The Balaban J connectivity index is 1.76. The number of thiocarbonyl (C=S) groups is 2. The first-order chi connectivity index (χ1) is 12.0. The molecule has 0 heterocycles. The maximum absolute atomic E-state index is 5.29. The minimum absolute atomic E-state index is 0.450. The number of methoxy groups -OCH3 is 1. The molecule has 0 bridgehead atoms. The van der Waals surface area contributed by atoms with E-state index in [0.717, 1.165) is 28.1 Å². The Hall–Kier alpha value is -2.38. The largest absolute Gasteiger partial charge is 0.497 e. The van der Waals surface area contributed by atoms with Gasteiger partial charge in [-0.2, -0.15) is 0 Å². The van der Waals surface area contributed by atoms with E-state index in [1.165, 1.54) is 0 Å². The van der Waals surface area contributed by atoms with Crippen LogP contribution in [0.25, 0.3) is 0 Å². The number of hydrazine groups is 1. The van der Waals surface area contributed by atoms with Gasteiger partial charge in [0.2, 0.25) is 0 Å². The van der Waals surface area contributed by atoms with E-state index in [2.05, 4.69) is 21.5 Å². The van der Waals surface area contributed by atoms with Crippen molar-refractivity contribution < 1.29 is 4.74 Å². The lowest BCUT2D eigenvalue weighted by Crippen LogP contribution is -2.48. The number of rotatable bonds is 4. The van der Waals surface area contributed by atoms with Crippen LogP contribution in [-0.4, -0.2) is 17.3 Å². The summed E-state index contributed by atoms with van der Waals surface area (Å²) in [5.74, 6) is 0.828. The summed E-state index contributed by atoms with van der Waals surface area (Å²) >= 11 is 10.5. The van der Waals surface area contributed by atoms with Gasteiger partial charge in [0, 0.05) is 12.2 Å². The molecule has 0 radical (unpaired) electrons. The number of ether oxygens (including phenoxy) is 1. The molecule has 0 amide bonds. The summed E-state index contributed by atoms with van der Waals surface area (Å²) < 4.78 is 5.14. The maximum atomic E-state index is 5.29. The normalized spacial score (nSPS) is 9.88. The van der Waals surface area contributed by atoms with Gasteiger partial charge in [-0.25, -0.2) is 0 Å². The van der Waals surface area contributed by atoms with Gasteiger partial charge in [-0.05, 0) is 67.1 Å². The van der Waals surface area contributed by atoms with Crippen molar-refractivity contribution in [1.82, 2.24) is 16.2 Å². The first-order valence-electron chi connectivity index (χ1n) is 7.79. The zero-order valence-electron chi connectivity index (χ0n) is 14.5. The first kappa shape index (κ1) is 19.0. The zero-order chi connectivity index (χ0) is 18.2. The molecule has 2 aromatic rings. The Labute approximate surface area is 159 Å². The SMILES string of the molecule is COc1ccc(CNC(=S)NNC(=S)Nc2c(C)cccc2C)cc1. The number of aryl methyl sites for hydroxylation is 2. The fourth-order valence-electron chi connectivity index (χ4n) is 2.24. The van der Waals surface area contributed by atoms with Crippen molar-refractivity contribution in [2.24, 2.45) is 0 Å². The predicted molar refractivity (Wildman–Crippen MR) is 111 cm³/mol. The molecule has 0 unspecified atom stereocenters. The van der Waals surface area contributed by atoms with Crippen molar-refractivity contribution in [2.45, 2.75) is 20.4 Å². The lowest BCUT2D eigenvalue weighted by molar-refractivity contribution is 0.414. The van der Waals surface area contributed by atoms with E-state index in [-0.39, 0.29) is 0 Å². The van der Waals surface area contributed by atoms with Gasteiger partial charge in [0.25, 0.3) is 0 Å². The van der Waals surface area contributed by atoms with Crippen LogP contribution in [0.4, 0.5) is 5.69 Å². The summed E-state index contributed by atoms with van der Waals surface area (Å²) in [5, 5.41) is 7.19. The molecule has 2 aromatic carbocycles. The van der Waals surface area contributed by atoms with E-state index in [1.807, 2.05) is 56.3 Å². The van der Waals surface area contributed by atoms with Crippen molar-refractivity contribution in [1.29, 1.82) is 0 Å². The van der Waals surface area contributed by atoms with Crippen LogP contribution in [0.1, 0.15) is 16.7 Å². The second kappa shape index (κ2) is 9.19. The summed E-state index contributed by atoms with van der Waals surface area (Å²) in [7, 11) is 1.65. The van der Waals surface area contributed by atoms with Gasteiger partial charge in [0.05, 0.1) is 7.11 Å². The Morgan fingerprint density at radius 2 is 1.52 bits per heavy atom. The fraction of sp³-hybridized carbons (Fsp3) is 0.222. The highest BCUT2D eigenvalue weighted by molar-refractivity contribution is 7.80. The van der Waals surface area contributed by atoms with E-state index >= 15 is 0 Å². The topological polar surface area (TPSA) is 57.4 Å². The van der Waals surface area contributed by atoms with Crippen molar-refractivity contribution in [3.05, 3.63) is 59.2 Å². The average molecular weight is 375 g/mol. The third kappa shape index (κ3) is 5.88. The molecule has 2 rings (SSSR count). The van der Waals surface area contributed by atoms with Gasteiger partial charge in [-0.1, -0.05) is 30.3 Å². The molecule has 4 N–H and O–H groups in total. The Kier molecular flexibility index (Phi) is 6.97. The molecule has 0 aliphatic carbocycles. The van der Waals surface area contributed by atoms with Crippen molar-refractivity contribution >= 4 is 40.3 Å². The number of anilines is 1. The second-order valence-electron chi connectivity index (χ2n) is 5.50. The summed E-state index contributed by atoms with van der Waals surface area (Å²) in [4.78, 5) is 0. The molecule has 132 valence electrons. The van der Waals surface area contributed by atoms with Crippen molar-refractivity contribution in [3.8, 4) is 5.75 Å². The minimum atomic E-state index is 0.450. The van der Waals surface area contributed by atoms with Crippen LogP contribution in [0.5, 0.6) is 5.75 Å². The summed E-state index contributed by atoms with van der Waals surface area (Å²) in [5.41, 5.74) is 10.1. The van der Waals surface area contributed by atoms with Gasteiger partial charge in [0.15, 0.2) is 10.2 Å². The van der Waals surface area contributed by atoms with Gasteiger partial charge in [-0.3, -0.25) is 10.9 Å². The summed E-state index contributed by atoms with van der Waals surface area (Å²) in [6.45, 7) is 4.67. The fourth-order valence-corrected chi connectivity index (χ4v) is 2.52.